The lowest BCUT2D eigenvalue weighted by Gasteiger charge is -2.02. The van der Waals surface area contributed by atoms with Crippen molar-refractivity contribution in [1.29, 1.82) is 0 Å². The SMILES string of the molecule is C#CC(=O)NC/C(C)=C/CC/C(C)=C/CO. The first-order valence-corrected chi connectivity index (χ1v) is 5.26. The fourth-order valence-electron chi connectivity index (χ4n) is 1.15. The van der Waals surface area contributed by atoms with Crippen LogP contribution in [-0.4, -0.2) is 24.2 Å². The molecule has 0 aliphatic carbocycles. The van der Waals surface area contributed by atoms with Crippen molar-refractivity contribution in [3.63, 3.8) is 0 Å². The lowest BCUT2D eigenvalue weighted by Crippen LogP contribution is -2.22. The van der Waals surface area contributed by atoms with Crippen LogP contribution >= 0.6 is 0 Å². The highest BCUT2D eigenvalue weighted by Gasteiger charge is 1.94. The second-order valence-electron chi connectivity index (χ2n) is 3.65. The second-order valence-corrected chi connectivity index (χ2v) is 3.65. The zero-order valence-electron chi connectivity index (χ0n) is 9.92. The van der Waals surface area contributed by atoms with E-state index < -0.39 is 0 Å². The van der Waals surface area contributed by atoms with Crippen molar-refractivity contribution in [2.24, 2.45) is 0 Å². The van der Waals surface area contributed by atoms with Gasteiger partial charge < -0.3 is 10.4 Å². The first-order chi connectivity index (χ1) is 7.60. The standard InChI is InChI=1S/C13H19NO2/c1-4-13(16)14-10-12(3)7-5-6-11(2)8-9-15/h1,7-8,15H,5-6,9-10H2,2-3H3,(H,14,16)/b11-8+,12-7+. The Morgan fingerprint density at radius 2 is 2.06 bits per heavy atom. The quantitative estimate of drug-likeness (QED) is 0.526. The fourth-order valence-corrected chi connectivity index (χ4v) is 1.15. The first-order valence-electron chi connectivity index (χ1n) is 5.26. The molecule has 88 valence electrons. The van der Waals surface area contributed by atoms with E-state index in [1.165, 1.54) is 5.57 Å². The molecule has 0 aliphatic heterocycles. The van der Waals surface area contributed by atoms with E-state index in [-0.39, 0.29) is 12.5 Å². The molecule has 0 aromatic heterocycles. The predicted octanol–water partition coefficient (Wildman–Crippen LogP) is 1.40. The Labute approximate surface area is 97.2 Å². The Morgan fingerprint density at radius 3 is 2.62 bits per heavy atom. The van der Waals surface area contributed by atoms with E-state index in [1.807, 2.05) is 19.8 Å². The highest BCUT2D eigenvalue weighted by atomic mass is 16.2. The van der Waals surface area contributed by atoms with Gasteiger partial charge in [0.15, 0.2) is 0 Å². The fraction of sp³-hybridized carbons (Fsp3) is 0.462. The van der Waals surface area contributed by atoms with Gasteiger partial charge in [0.05, 0.1) is 6.61 Å². The average molecular weight is 221 g/mol. The molecule has 3 heteroatoms. The van der Waals surface area contributed by atoms with E-state index in [9.17, 15) is 4.79 Å². The summed E-state index contributed by atoms with van der Waals surface area (Å²) in [6.45, 7) is 4.51. The van der Waals surface area contributed by atoms with Crippen LogP contribution in [0.25, 0.3) is 0 Å². The van der Waals surface area contributed by atoms with Crippen molar-refractivity contribution >= 4 is 5.91 Å². The molecule has 0 atom stereocenters. The molecule has 0 aliphatic rings. The Hall–Kier alpha value is -1.53. The Bertz CT molecular complexity index is 321. The summed E-state index contributed by atoms with van der Waals surface area (Å²) in [6.07, 6.45) is 10.6. The highest BCUT2D eigenvalue weighted by Crippen LogP contribution is 2.05. The van der Waals surface area contributed by atoms with E-state index in [4.69, 9.17) is 11.5 Å². The molecule has 0 aromatic rings. The van der Waals surface area contributed by atoms with Crippen molar-refractivity contribution in [3.05, 3.63) is 23.3 Å². The van der Waals surface area contributed by atoms with Gasteiger partial charge in [0.2, 0.25) is 0 Å². The van der Waals surface area contributed by atoms with Crippen molar-refractivity contribution in [3.8, 4) is 12.3 Å². The maximum atomic E-state index is 10.8. The number of hydrogen-bond acceptors (Lipinski definition) is 2. The van der Waals surface area contributed by atoms with Crippen LogP contribution in [0.3, 0.4) is 0 Å². The zero-order valence-corrected chi connectivity index (χ0v) is 9.92. The number of aliphatic hydroxyl groups is 1. The normalized spacial score (nSPS) is 12.1. The van der Waals surface area contributed by atoms with Crippen LogP contribution in [0.15, 0.2) is 23.3 Å². The minimum Gasteiger partial charge on any atom is -0.392 e. The van der Waals surface area contributed by atoms with Gasteiger partial charge in [-0.2, -0.15) is 0 Å². The summed E-state index contributed by atoms with van der Waals surface area (Å²) in [5.74, 6) is 1.61. The number of nitrogens with one attached hydrogen (secondary N) is 1. The molecule has 0 unspecified atom stereocenters. The number of carbonyl (C=O) groups excluding carboxylic acids is 1. The molecule has 0 radical (unpaired) electrons. The zero-order chi connectivity index (χ0) is 12.4. The molecule has 0 fully saturated rings. The Balaban J connectivity index is 3.84. The summed E-state index contributed by atoms with van der Waals surface area (Å²) < 4.78 is 0. The molecule has 0 spiro atoms. The number of rotatable bonds is 6. The largest absolute Gasteiger partial charge is 0.392 e. The van der Waals surface area contributed by atoms with Gasteiger partial charge in [-0.1, -0.05) is 23.3 Å². The maximum Gasteiger partial charge on any atom is 0.295 e. The number of amides is 1. The molecule has 0 bridgehead atoms. The third-order valence-electron chi connectivity index (χ3n) is 2.13. The minimum atomic E-state index is -0.385. The summed E-state index contributed by atoms with van der Waals surface area (Å²) in [6, 6.07) is 0. The number of hydrogen-bond donors (Lipinski definition) is 2. The Morgan fingerprint density at radius 1 is 1.38 bits per heavy atom. The summed E-state index contributed by atoms with van der Waals surface area (Å²) in [5.41, 5.74) is 2.25. The van der Waals surface area contributed by atoms with Crippen LogP contribution in [0.4, 0.5) is 0 Å². The van der Waals surface area contributed by atoms with Gasteiger partial charge in [0, 0.05) is 6.54 Å². The molecule has 0 saturated carbocycles. The highest BCUT2D eigenvalue weighted by molar-refractivity contribution is 5.92. The summed E-state index contributed by atoms with van der Waals surface area (Å²) in [7, 11) is 0. The third kappa shape index (κ3) is 7.84. The number of allylic oxidation sites excluding steroid dienone is 2. The molecule has 16 heavy (non-hydrogen) atoms. The van der Waals surface area contributed by atoms with E-state index >= 15 is 0 Å². The first kappa shape index (κ1) is 14.5. The van der Waals surface area contributed by atoms with Crippen LogP contribution in [0.2, 0.25) is 0 Å². The van der Waals surface area contributed by atoms with E-state index in [1.54, 1.807) is 6.08 Å². The van der Waals surface area contributed by atoms with Gasteiger partial charge in [-0.3, -0.25) is 4.79 Å². The molecule has 0 rings (SSSR count). The summed E-state index contributed by atoms with van der Waals surface area (Å²) in [4.78, 5) is 10.8. The second kappa shape index (κ2) is 8.75. The number of terminal acetylenes is 1. The van der Waals surface area contributed by atoms with Gasteiger partial charge in [0.1, 0.15) is 0 Å². The van der Waals surface area contributed by atoms with Crippen molar-refractivity contribution < 1.29 is 9.90 Å². The lowest BCUT2D eigenvalue weighted by molar-refractivity contribution is -0.115. The monoisotopic (exact) mass is 221 g/mol. The topological polar surface area (TPSA) is 49.3 Å². The number of aliphatic hydroxyl groups excluding tert-OH is 1. The molecule has 2 N–H and O–H groups in total. The van der Waals surface area contributed by atoms with Crippen molar-refractivity contribution in [2.75, 3.05) is 13.2 Å². The van der Waals surface area contributed by atoms with E-state index in [0.717, 1.165) is 18.4 Å². The van der Waals surface area contributed by atoms with Gasteiger partial charge in [-0.25, -0.2) is 0 Å². The molecule has 1 amide bonds. The molecule has 3 nitrogen and oxygen atoms in total. The third-order valence-corrected chi connectivity index (χ3v) is 2.13. The lowest BCUT2D eigenvalue weighted by atomic mass is 10.1. The maximum absolute atomic E-state index is 10.8. The molecular formula is C13H19NO2. The molecule has 0 heterocycles. The van der Waals surface area contributed by atoms with Gasteiger partial charge in [-0.15, -0.1) is 6.42 Å². The van der Waals surface area contributed by atoms with E-state index in [2.05, 4.69) is 11.4 Å². The van der Waals surface area contributed by atoms with Crippen LogP contribution in [-0.2, 0) is 4.79 Å². The van der Waals surface area contributed by atoms with Crippen molar-refractivity contribution in [2.45, 2.75) is 26.7 Å². The number of carbonyl (C=O) groups is 1. The van der Waals surface area contributed by atoms with Crippen LogP contribution in [0.1, 0.15) is 26.7 Å². The van der Waals surface area contributed by atoms with Crippen LogP contribution in [0.5, 0.6) is 0 Å². The van der Waals surface area contributed by atoms with Gasteiger partial charge in [0.25, 0.3) is 5.91 Å². The smallest absolute Gasteiger partial charge is 0.295 e. The van der Waals surface area contributed by atoms with Crippen LogP contribution in [0, 0.1) is 12.3 Å². The van der Waals surface area contributed by atoms with Crippen molar-refractivity contribution in [1.82, 2.24) is 5.32 Å². The van der Waals surface area contributed by atoms with Crippen LogP contribution < -0.4 is 5.32 Å². The molecular weight excluding hydrogens is 202 g/mol. The Kier molecular flexibility index (Phi) is 7.92. The van der Waals surface area contributed by atoms with Gasteiger partial charge in [-0.05, 0) is 32.6 Å². The minimum absolute atomic E-state index is 0.0900. The summed E-state index contributed by atoms with van der Waals surface area (Å²) in [5, 5.41) is 11.3. The molecule has 0 aromatic carbocycles. The molecule has 0 saturated heterocycles. The summed E-state index contributed by atoms with van der Waals surface area (Å²) >= 11 is 0. The van der Waals surface area contributed by atoms with E-state index in [0.29, 0.717) is 6.54 Å². The average Bonchev–Trinajstić information content (AvgIpc) is 2.26. The predicted molar refractivity (Wildman–Crippen MR) is 65.7 cm³/mol. The van der Waals surface area contributed by atoms with Gasteiger partial charge >= 0.3 is 0 Å².